The van der Waals surface area contributed by atoms with Gasteiger partial charge in [0.05, 0.1) is 5.60 Å². The Morgan fingerprint density at radius 3 is 3.00 bits per heavy atom. The van der Waals surface area contributed by atoms with Crippen molar-refractivity contribution < 1.29 is 9.53 Å². The van der Waals surface area contributed by atoms with Crippen molar-refractivity contribution in [3.63, 3.8) is 0 Å². The standard InChI is InChI=1S/C10H14O2/c1-12-10-5-3-2-4-8(10)6-9(11)7-10/h6H,2-5,7H2,1H3. The third kappa shape index (κ3) is 1.02. The average molecular weight is 166 g/mol. The Kier molecular flexibility index (Phi) is 1.80. The van der Waals surface area contributed by atoms with Gasteiger partial charge in [0.2, 0.25) is 0 Å². The molecule has 0 bridgehead atoms. The van der Waals surface area contributed by atoms with Gasteiger partial charge in [-0.3, -0.25) is 4.79 Å². The molecular weight excluding hydrogens is 152 g/mol. The fraction of sp³-hybridized carbons (Fsp3) is 0.700. The van der Waals surface area contributed by atoms with Crippen LogP contribution in [0.2, 0.25) is 0 Å². The molecule has 0 radical (unpaired) electrons. The third-order valence-electron chi connectivity index (χ3n) is 3.05. The predicted molar refractivity (Wildman–Crippen MR) is 45.9 cm³/mol. The molecular formula is C10H14O2. The summed E-state index contributed by atoms with van der Waals surface area (Å²) >= 11 is 0. The van der Waals surface area contributed by atoms with Crippen LogP contribution in [0.1, 0.15) is 32.1 Å². The van der Waals surface area contributed by atoms with Crippen LogP contribution in [-0.2, 0) is 9.53 Å². The van der Waals surface area contributed by atoms with Crippen LogP contribution in [0.4, 0.5) is 0 Å². The second-order valence-corrected chi connectivity index (χ2v) is 3.72. The van der Waals surface area contributed by atoms with Gasteiger partial charge in [0, 0.05) is 13.5 Å². The highest BCUT2D eigenvalue weighted by atomic mass is 16.5. The van der Waals surface area contributed by atoms with E-state index >= 15 is 0 Å². The molecule has 0 amide bonds. The summed E-state index contributed by atoms with van der Waals surface area (Å²) in [5, 5.41) is 0. The topological polar surface area (TPSA) is 26.3 Å². The van der Waals surface area contributed by atoms with Crippen LogP contribution in [0, 0.1) is 0 Å². The lowest BCUT2D eigenvalue weighted by molar-refractivity contribution is -0.117. The van der Waals surface area contributed by atoms with Crippen molar-refractivity contribution in [1.29, 1.82) is 0 Å². The minimum atomic E-state index is -0.185. The predicted octanol–water partition coefficient (Wildman–Crippen LogP) is 1.84. The molecule has 12 heavy (non-hydrogen) atoms. The zero-order valence-electron chi connectivity index (χ0n) is 7.43. The molecule has 1 atom stereocenters. The number of fused-ring (bicyclic) bond motifs is 1. The van der Waals surface area contributed by atoms with Crippen LogP contribution < -0.4 is 0 Å². The summed E-state index contributed by atoms with van der Waals surface area (Å²) < 4.78 is 5.48. The second-order valence-electron chi connectivity index (χ2n) is 3.72. The van der Waals surface area contributed by atoms with Gasteiger partial charge in [0.25, 0.3) is 0 Å². The number of ketones is 1. The zero-order chi connectivity index (χ0) is 8.60. The third-order valence-corrected chi connectivity index (χ3v) is 3.05. The van der Waals surface area contributed by atoms with Gasteiger partial charge in [0.1, 0.15) is 0 Å². The number of ether oxygens (including phenoxy) is 1. The van der Waals surface area contributed by atoms with Gasteiger partial charge in [-0.2, -0.15) is 0 Å². The molecule has 0 heterocycles. The number of hydrogen-bond donors (Lipinski definition) is 0. The minimum absolute atomic E-state index is 0.185. The molecule has 2 rings (SSSR count). The van der Waals surface area contributed by atoms with E-state index in [1.807, 2.05) is 0 Å². The summed E-state index contributed by atoms with van der Waals surface area (Å²) in [7, 11) is 1.72. The molecule has 2 aliphatic carbocycles. The Morgan fingerprint density at radius 2 is 2.33 bits per heavy atom. The molecule has 1 fully saturated rings. The maximum absolute atomic E-state index is 11.2. The second kappa shape index (κ2) is 2.70. The van der Waals surface area contributed by atoms with Gasteiger partial charge < -0.3 is 4.74 Å². The van der Waals surface area contributed by atoms with Crippen LogP contribution in [0.5, 0.6) is 0 Å². The summed E-state index contributed by atoms with van der Waals surface area (Å²) in [4.78, 5) is 11.2. The van der Waals surface area contributed by atoms with Gasteiger partial charge in [0.15, 0.2) is 5.78 Å². The van der Waals surface area contributed by atoms with E-state index in [1.54, 1.807) is 13.2 Å². The number of rotatable bonds is 1. The first-order valence-electron chi connectivity index (χ1n) is 4.56. The van der Waals surface area contributed by atoms with Gasteiger partial charge in [-0.1, -0.05) is 0 Å². The van der Waals surface area contributed by atoms with E-state index < -0.39 is 0 Å². The molecule has 66 valence electrons. The normalized spacial score (nSPS) is 34.8. The number of carbonyl (C=O) groups is 1. The van der Waals surface area contributed by atoms with Crippen molar-refractivity contribution in [1.82, 2.24) is 0 Å². The van der Waals surface area contributed by atoms with E-state index in [1.165, 1.54) is 18.4 Å². The quantitative estimate of drug-likeness (QED) is 0.594. The van der Waals surface area contributed by atoms with E-state index in [0.29, 0.717) is 6.42 Å². The Balaban J connectivity index is 2.29. The SMILES string of the molecule is COC12CCCCC1=CC(=O)C2. The Morgan fingerprint density at radius 1 is 1.50 bits per heavy atom. The maximum atomic E-state index is 11.2. The van der Waals surface area contributed by atoms with Crippen LogP contribution >= 0.6 is 0 Å². The van der Waals surface area contributed by atoms with Crippen LogP contribution in [0.25, 0.3) is 0 Å². The highest BCUT2D eigenvalue weighted by Gasteiger charge is 2.42. The minimum Gasteiger partial charge on any atom is -0.373 e. The fourth-order valence-electron chi connectivity index (χ4n) is 2.35. The van der Waals surface area contributed by atoms with Gasteiger partial charge in [-0.05, 0) is 37.3 Å². The molecule has 0 aromatic carbocycles. The fourth-order valence-corrected chi connectivity index (χ4v) is 2.35. The van der Waals surface area contributed by atoms with E-state index in [9.17, 15) is 4.79 Å². The molecule has 0 aromatic rings. The van der Waals surface area contributed by atoms with Crippen molar-refractivity contribution in [2.45, 2.75) is 37.7 Å². The van der Waals surface area contributed by atoms with Gasteiger partial charge in [-0.15, -0.1) is 0 Å². The summed E-state index contributed by atoms with van der Waals surface area (Å²) in [6.45, 7) is 0. The lowest BCUT2D eigenvalue weighted by atomic mass is 9.81. The Hall–Kier alpha value is -0.630. The number of allylic oxidation sites excluding steroid dienone is 1. The highest BCUT2D eigenvalue weighted by molar-refractivity contribution is 5.95. The van der Waals surface area contributed by atoms with E-state index in [-0.39, 0.29) is 11.4 Å². The van der Waals surface area contributed by atoms with Crippen molar-refractivity contribution in [3.8, 4) is 0 Å². The summed E-state index contributed by atoms with van der Waals surface area (Å²) in [6.07, 6.45) is 6.87. The molecule has 0 saturated heterocycles. The van der Waals surface area contributed by atoms with Crippen molar-refractivity contribution in [2.75, 3.05) is 7.11 Å². The molecule has 0 N–H and O–H groups in total. The van der Waals surface area contributed by atoms with Gasteiger partial charge >= 0.3 is 0 Å². The molecule has 1 saturated carbocycles. The molecule has 2 nitrogen and oxygen atoms in total. The first kappa shape index (κ1) is 7.99. The van der Waals surface area contributed by atoms with Crippen molar-refractivity contribution in [3.05, 3.63) is 11.6 Å². The molecule has 1 unspecified atom stereocenters. The molecule has 0 aromatic heterocycles. The van der Waals surface area contributed by atoms with Crippen LogP contribution in [0.15, 0.2) is 11.6 Å². The van der Waals surface area contributed by atoms with E-state index in [2.05, 4.69) is 0 Å². The lowest BCUT2D eigenvalue weighted by Gasteiger charge is -2.34. The Labute approximate surface area is 72.6 Å². The maximum Gasteiger partial charge on any atom is 0.158 e. The van der Waals surface area contributed by atoms with E-state index in [4.69, 9.17) is 4.74 Å². The zero-order valence-corrected chi connectivity index (χ0v) is 7.43. The molecule has 2 aliphatic rings. The number of methoxy groups -OCH3 is 1. The first-order valence-corrected chi connectivity index (χ1v) is 4.56. The van der Waals surface area contributed by atoms with Crippen LogP contribution in [-0.4, -0.2) is 18.5 Å². The lowest BCUT2D eigenvalue weighted by Crippen LogP contribution is -2.34. The number of carbonyl (C=O) groups excluding carboxylic acids is 1. The van der Waals surface area contributed by atoms with Crippen molar-refractivity contribution >= 4 is 5.78 Å². The smallest absolute Gasteiger partial charge is 0.158 e. The average Bonchev–Trinajstić information content (AvgIpc) is 2.41. The first-order chi connectivity index (χ1) is 5.77. The summed E-state index contributed by atoms with van der Waals surface area (Å²) in [5.74, 6) is 0.244. The number of hydrogen-bond acceptors (Lipinski definition) is 2. The summed E-state index contributed by atoms with van der Waals surface area (Å²) in [6, 6.07) is 0. The molecule has 0 spiro atoms. The van der Waals surface area contributed by atoms with Crippen LogP contribution in [0.3, 0.4) is 0 Å². The van der Waals surface area contributed by atoms with Gasteiger partial charge in [-0.25, -0.2) is 0 Å². The summed E-state index contributed by atoms with van der Waals surface area (Å²) in [5.41, 5.74) is 1.05. The monoisotopic (exact) mass is 166 g/mol. The van der Waals surface area contributed by atoms with E-state index in [0.717, 1.165) is 12.8 Å². The Bertz CT molecular complexity index is 242. The highest BCUT2D eigenvalue weighted by Crippen LogP contribution is 2.42. The molecule has 0 aliphatic heterocycles. The largest absolute Gasteiger partial charge is 0.373 e. The molecule has 2 heteroatoms. The van der Waals surface area contributed by atoms with Crippen molar-refractivity contribution in [2.24, 2.45) is 0 Å².